The molecule has 1 heterocycles. The smallest absolute Gasteiger partial charge is 0.340 e. The first-order chi connectivity index (χ1) is 22.7. The summed E-state index contributed by atoms with van der Waals surface area (Å²) in [7, 11) is 0. The number of thioether (sulfide) groups is 1. The molecule has 0 spiro atoms. The van der Waals surface area contributed by atoms with Crippen molar-refractivity contribution in [1.29, 1.82) is 0 Å². The van der Waals surface area contributed by atoms with E-state index in [1.165, 1.54) is 43.5 Å². The number of benzene rings is 2. The molecule has 2 aromatic carbocycles. The number of halogens is 1. The lowest BCUT2D eigenvalue weighted by molar-refractivity contribution is -0.113. The van der Waals surface area contributed by atoms with Gasteiger partial charge in [-0.15, -0.1) is 10.2 Å². The number of hydrogen-bond donors (Lipinski definition) is 1. The van der Waals surface area contributed by atoms with Gasteiger partial charge >= 0.3 is 5.97 Å². The fourth-order valence-corrected chi connectivity index (χ4v) is 9.07. The highest BCUT2D eigenvalue weighted by atomic mass is 32.2. The molecule has 7 atom stereocenters. The van der Waals surface area contributed by atoms with Crippen LogP contribution in [0.5, 0.6) is 5.75 Å². The first-order valence-electron chi connectivity index (χ1n) is 17.2. The van der Waals surface area contributed by atoms with Crippen molar-refractivity contribution >= 4 is 29.3 Å². The van der Waals surface area contributed by atoms with Gasteiger partial charge in [0.05, 0.1) is 17.0 Å². The number of nitrogens with zero attached hydrogens (tertiary/aromatic N) is 3. The Morgan fingerprint density at radius 1 is 0.979 bits per heavy atom. The maximum atomic E-state index is 14.3. The van der Waals surface area contributed by atoms with Crippen LogP contribution in [0.1, 0.15) is 94.9 Å². The van der Waals surface area contributed by atoms with Crippen LogP contribution in [0.2, 0.25) is 0 Å². The van der Waals surface area contributed by atoms with Crippen LogP contribution in [0.3, 0.4) is 0 Å². The van der Waals surface area contributed by atoms with E-state index in [0.717, 1.165) is 25.2 Å². The second-order valence-corrected chi connectivity index (χ2v) is 15.2. The van der Waals surface area contributed by atoms with Gasteiger partial charge in [0.25, 0.3) is 0 Å². The van der Waals surface area contributed by atoms with Gasteiger partial charge in [0.1, 0.15) is 12.7 Å². The van der Waals surface area contributed by atoms with Gasteiger partial charge in [-0.1, -0.05) is 69.6 Å². The minimum Gasteiger partial charge on any atom is -0.483 e. The molecule has 3 aliphatic carbocycles. The quantitative estimate of drug-likeness (QED) is 0.154. The molecule has 47 heavy (non-hydrogen) atoms. The van der Waals surface area contributed by atoms with Crippen LogP contribution in [-0.4, -0.2) is 38.5 Å². The number of esters is 1. The number of rotatable bonds is 12. The number of anilines is 1. The summed E-state index contributed by atoms with van der Waals surface area (Å²) in [5, 5.41) is 12.5. The zero-order chi connectivity index (χ0) is 33.1. The van der Waals surface area contributed by atoms with Gasteiger partial charge in [-0.2, -0.15) is 0 Å². The molecular weight excluding hydrogens is 615 g/mol. The van der Waals surface area contributed by atoms with Crippen LogP contribution < -0.4 is 10.1 Å². The van der Waals surface area contributed by atoms with Crippen molar-refractivity contribution in [3.63, 3.8) is 0 Å². The summed E-state index contributed by atoms with van der Waals surface area (Å²) in [5.41, 5.74) is 0.788. The molecule has 2 bridgehead atoms. The Kier molecular flexibility index (Phi) is 10.5. The molecule has 1 aromatic heterocycles. The number of para-hydroxylation sites is 2. The SMILES string of the molecule is CC1CCC(C(C)C)C(OC(=O)c2ccccc2NC(=O)CSc2nnc(COc3ccccc3F)n2C(C)C2CC3CCC2C3)C1. The van der Waals surface area contributed by atoms with Gasteiger partial charge in [-0.25, -0.2) is 9.18 Å². The van der Waals surface area contributed by atoms with Crippen molar-refractivity contribution < 1.29 is 23.5 Å². The Bertz CT molecular complexity index is 1560. The molecule has 252 valence electrons. The highest BCUT2D eigenvalue weighted by molar-refractivity contribution is 7.99. The van der Waals surface area contributed by atoms with Crippen molar-refractivity contribution in [2.45, 2.75) is 96.5 Å². The number of fused-ring (bicyclic) bond motifs is 2. The van der Waals surface area contributed by atoms with Crippen LogP contribution in [0.25, 0.3) is 0 Å². The van der Waals surface area contributed by atoms with E-state index in [2.05, 4.69) is 47.8 Å². The minimum absolute atomic E-state index is 0.0682. The largest absolute Gasteiger partial charge is 0.483 e. The Morgan fingerprint density at radius 3 is 2.51 bits per heavy atom. The fourth-order valence-electron chi connectivity index (χ4n) is 8.23. The van der Waals surface area contributed by atoms with E-state index in [1.54, 1.807) is 42.5 Å². The van der Waals surface area contributed by atoms with Gasteiger partial charge < -0.3 is 14.8 Å². The minimum atomic E-state index is -0.428. The number of carbonyl (C=O) groups is 2. The normalized spacial score (nSPS) is 25.9. The Balaban J connectivity index is 1.14. The fraction of sp³-hybridized carbons (Fsp3) is 0.568. The molecule has 0 aliphatic heterocycles. The third kappa shape index (κ3) is 7.68. The second kappa shape index (κ2) is 14.8. The molecule has 3 aliphatic rings. The monoisotopic (exact) mass is 662 g/mol. The standard InChI is InChI=1S/C37H47FN4O4S/c1-22(2)27-16-13-23(3)17-33(27)46-36(44)28-9-5-7-11-31(28)39-35(43)21-47-37-41-40-34(20-45-32-12-8-6-10-30(32)38)42(37)24(4)29-19-25-14-15-26(29)18-25/h5-12,22-27,29,33H,13-21H2,1-4H3,(H,39,43). The van der Waals surface area contributed by atoms with Gasteiger partial charge in [0.2, 0.25) is 5.91 Å². The summed E-state index contributed by atoms with van der Waals surface area (Å²) in [6, 6.07) is 13.5. The lowest BCUT2D eigenvalue weighted by Crippen LogP contribution is -2.36. The van der Waals surface area contributed by atoms with Crippen molar-refractivity contribution in [3.05, 3.63) is 65.7 Å². The van der Waals surface area contributed by atoms with Crippen LogP contribution in [-0.2, 0) is 16.1 Å². The first kappa shape index (κ1) is 33.5. The van der Waals surface area contributed by atoms with Crippen molar-refractivity contribution in [3.8, 4) is 5.75 Å². The van der Waals surface area contributed by atoms with Crippen LogP contribution in [0, 0.1) is 41.3 Å². The lowest BCUT2D eigenvalue weighted by atomic mass is 9.75. The Hall–Kier alpha value is -3.40. The van der Waals surface area contributed by atoms with E-state index >= 15 is 0 Å². The van der Waals surface area contributed by atoms with Crippen LogP contribution in [0.4, 0.5) is 10.1 Å². The van der Waals surface area contributed by atoms with Gasteiger partial charge in [0, 0.05) is 6.04 Å². The molecule has 8 nitrogen and oxygen atoms in total. The highest BCUT2D eigenvalue weighted by Crippen LogP contribution is 2.52. The number of ether oxygens (including phenoxy) is 2. The predicted molar refractivity (Wildman–Crippen MR) is 181 cm³/mol. The first-order valence-corrected chi connectivity index (χ1v) is 18.2. The van der Waals surface area contributed by atoms with Gasteiger partial charge in [-0.3, -0.25) is 9.36 Å². The van der Waals surface area contributed by atoms with Crippen LogP contribution in [0.15, 0.2) is 53.7 Å². The van der Waals surface area contributed by atoms with Gasteiger partial charge in [0.15, 0.2) is 22.5 Å². The third-order valence-electron chi connectivity index (χ3n) is 10.7. The summed E-state index contributed by atoms with van der Waals surface area (Å²) in [6.07, 6.45) is 7.90. The van der Waals surface area contributed by atoms with E-state index in [9.17, 15) is 14.0 Å². The molecule has 3 aromatic rings. The molecule has 3 fully saturated rings. The molecular formula is C37H47FN4O4S. The third-order valence-corrected chi connectivity index (χ3v) is 11.7. The number of amides is 1. The zero-order valence-electron chi connectivity index (χ0n) is 27.9. The van der Waals surface area contributed by atoms with E-state index in [1.807, 2.05) is 0 Å². The van der Waals surface area contributed by atoms with E-state index in [-0.39, 0.29) is 36.2 Å². The molecule has 3 saturated carbocycles. The number of nitrogens with one attached hydrogen (secondary N) is 1. The van der Waals surface area contributed by atoms with Crippen molar-refractivity contribution in [2.24, 2.45) is 35.5 Å². The molecule has 0 saturated heterocycles. The number of hydrogen-bond acceptors (Lipinski definition) is 7. The highest BCUT2D eigenvalue weighted by Gasteiger charge is 2.43. The average molecular weight is 663 g/mol. The van der Waals surface area contributed by atoms with E-state index in [0.29, 0.717) is 51.8 Å². The second-order valence-electron chi connectivity index (χ2n) is 14.2. The summed E-state index contributed by atoms with van der Waals surface area (Å²) in [5.74, 6) is 2.95. The summed E-state index contributed by atoms with van der Waals surface area (Å²) >= 11 is 1.31. The zero-order valence-corrected chi connectivity index (χ0v) is 28.7. The molecule has 0 radical (unpaired) electrons. The molecule has 1 amide bonds. The Labute approximate surface area is 281 Å². The molecule has 7 unspecified atom stereocenters. The predicted octanol–water partition coefficient (Wildman–Crippen LogP) is 8.34. The van der Waals surface area contributed by atoms with Crippen molar-refractivity contribution in [2.75, 3.05) is 11.1 Å². The molecule has 6 rings (SSSR count). The number of aromatic nitrogens is 3. The molecule has 1 N–H and O–H groups in total. The summed E-state index contributed by atoms with van der Waals surface area (Å²) in [4.78, 5) is 26.7. The van der Waals surface area contributed by atoms with E-state index < -0.39 is 11.8 Å². The maximum absolute atomic E-state index is 14.3. The summed E-state index contributed by atoms with van der Waals surface area (Å²) in [6.45, 7) is 8.85. The van der Waals surface area contributed by atoms with Crippen molar-refractivity contribution in [1.82, 2.24) is 14.8 Å². The number of carbonyl (C=O) groups excluding carboxylic acids is 2. The van der Waals surface area contributed by atoms with Gasteiger partial charge in [-0.05, 0) is 98.8 Å². The lowest BCUT2D eigenvalue weighted by Gasteiger charge is -2.36. The molecule has 10 heteroatoms. The average Bonchev–Trinajstić information content (AvgIpc) is 3.80. The van der Waals surface area contributed by atoms with Crippen LogP contribution >= 0.6 is 11.8 Å². The van der Waals surface area contributed by atoms with E-state index in [4.69, 9.17) is 9.47 Å². The maximum Gasteiger partial charge on any atom is 0.340 e. The Morgan fingerprint density at radius 2 is 1.77 bits per heavy atom. The summed E-state index contributed by atoms with van der Waals surface area (Å²) < 4.78 is 28.3. The topological polar surface area (TPSA) is 95.3 Å².